The number of carbonyl (C=O) groups excluding carboxylic acids is 1. The first-order chi connectivity index (χ1) is 14.0. The summed E-state index contributed by atoms with van der Waals surface area (Å²) in [6, 6.07) is 11.3. The molecule has 29 heavy (non-hydrogen) atoms. The van der Waals surface area contributed by atoms with E-state index in [1.165, 1.54) is 0 Å². The van der Waals surface area contributed by atoms with Crippen LogP contribution in [-0.2, 0) is 11.3 Å². The number of hydrogen-bond donors (Lipinski definition) is 3. The van der Waals surface area contributed by atoms with E-state index in [2.05, 4.69) is 26.6 Å². The number of aliphatic hydroxyl groups is 1. The number of anilines is 1. The van der Waals surface area contributed by atoms with Crippen LogP contribution in [0.2, 0.25) is 0 Å². The largest absolute Gasteiger partial charge is 0.493 e. The highest BCUT2D eigenvalue weighted by atomic mass is 79.9. The molecule has 1 amide bonds. The van der Waals surface area contributed by atoms with Crippen LogP contribution in [0.1, 0.15) is 30.4 Å². The molecule has 0 aromatic heterocycles. The second-order valence-corrected chi connectivity index (χ2v) is 7.61. The summed E-state index contributed by atoms with van der Waals surface area (Å²) in [6.07, 6.45) is 2.86. The summed E-state index contributed by atoms with van der Waals surface area (Å²) in [6.45, 7) is 3.69. The molecule has 2 aromatic rings. The number of unbranched alkanes of at least 4 members (excludes halogenated alkanes) is 2. The molecule has 2 aromatic carbocycles. The van der Waals surface area contributed by atoms with E-state index >= 15 is 0 Å². The monoisotopic (exact) mass is 464 g/mol. The molecule has 7 heteroatoms. The molecule has 0 spiro atoms. The van der Waals surface area contributed by atoms with Crippen LogP contribution in [0.4, 0.5) is 5.69 Å². The number of aliphatic hydroxyl groups excluding tert-OH is 1. The molecule has 0 heterocycles. The van der Waals surface area contributed by atoms with E-state index in [-0.39, 0.29) is 19.1 Å². The van der Waals surface area contributed by atoms with E-state index in [4.69, 9.17) is 14.6 Å². The number of aryl methyl sites for hydroxylation is 1. The number of amides is 1. The van der Waals surface area contributed by atoms with Gasteiger partial charge in [0.1, 0.15) is 0 Å². The predicted octanol–water partition coefficient (Wildman–Crippen LogP) is 4.04. The van der Waals surface area contributed by atoms with Crippen molar-refractivity contribution in [2.45, 2.75) is 32.7 Å². The van der Waals surface area contributed by atoms with Crippen LogP contribution in [-0.4, -0.2) is 37.9 Å². The van der Waals surface area contributed by atoms with Gasteiger partial charge in [-0.15, -0.1) is 0 Å². The van der Waals surface area contributed by atoms with Gasteiger partial charge < -0.3 is 25.2 Å². The van der Waals surface area contributed by atoms with Gasteiger partial charge in [0.15, 0.2) is 18.1 Å². The maximum Gasteiger partial charge on any atom is 0.262 e. The summed E-state index contributed by atoms with van der Waals surface area (Å²) in [4.78, 5) is 12.2. The van der Waals surface area contributed by atoms with Crippen molar-refractivity contribution in [3.8, 4) is 11.5 Å². The van der Waals surface area contributed by atoms with Crippen molar-refractivity contribution >= 4 is 27.5 Å². The Morgan fingerprint density at radius 1 is 1.10 bits per heavy atom. The van der Waals surface area contributed by atoms with Crippen molar-refractivity contribution in [1.29, 1.82) is 0 Å². The van der Waals surface area contributed by atoms with Gasteiger partial charge in [-0.25, -0.2) is 0 Å². The van der Waals surface area contributed by atoms with Gasteiger partial charge in [0, 0.05) is 23.3 Å². The Bertz CT molecular complexity index is 781. The molecule has 0 saturated heterocycles. The average Bonchev–Trinajstić information content (AvgIpc) is 2.71. The third kappa shape index (κ3) is 8.04. The van der Waals surface area contributed by atoms with Crippen molar-refractivity contribution in [2.24, 2.45) is 0 Å². The lowest BCUT2D eigenvalue weighted by atomic mass is 10.2. The first kappa shape index (κ1) is 23.2. The van der Waals surface area contributed by atoms with Gasteiger partial charge in [0.05, 0.1) is 7.11 Å². The third-order valence-electron chi connectivity index (χ3n) is 4.35. The highest BCUT2D eigenvalue weighted by Gasteiger charge is 2.12. The molecule has 158 valence electrons. The van der Waals surface area contributed by atoms with Crippen LogP contribution >= 0.6 is 15.9 Å². The summed E-state index contributed by atoms with van der Waals surface area (Å²) in [5.74, 6) is 0.846. The minimum absolute atomic E-state index is 0.112. The summed E-state index contributed by atoms with van der Waals surface area (Å²) in [7, 11) is 1.58. The summed E-state index contributed by atoms with van der Waals surface area (Å²) >= 11 is 3.56. The highest BCUT2D eigenvalue weighted by Crippen LogP contribution is 2.33. The van der Waals surface area contributed by atoms with Gasteiger partial charge in [0.2, 0.25) is 0 Å². The maximum absolute atomic E-state index is 12.2. The fourth-order valence-corrected chi connectivity index (χ4v) is 3.19. The molecule has 3 N–H and O–H groups in total. The van der Waals surface area contributed by atoms with Crippen molar-refractivity contribution in [3.05, 3.63) is 52.0 Å². The van der Waals surface area contributed by atoms with Gasteiger partial charge in [-0.2, -0.15) is 0 Å². The van der Waals surface area contributed by atoms with Gasteiger partial charge in [0.25, 0.3) is 5.91 Å². The molecule has 0 saturated carbocycles. The zero-order chi connectivity index (χ0) is 21.1. The fraction of sp³-hybridized carbons (Fsp3) is 0.409. The van der Waals surface area contributed by atoms with Gasteiger partial charge in [-0.3, -0.25) is 4.79 Å². The Labute approximate surface area is 180 Å². The SMILES string of the molecule is COc1cc(CNCCCCCO)c(Br)cc1OCC(=O)Nc1ccc(C)cc1. The maximum atomic E-state index is 12.2. The molecule has 0 aliphatic heterocycles. The number of methoxy groups -OCH3 is 1. The minimum atomic E-state index is -0.236. The molecule has 0 aliphatic rings. The van der Waals surface area contributed by atoms with Crippen LogP contribution in [0.25, 0.3) is 0 Å². The lowest BCUT2D eigenvalue weighted by Crippen LogP contribution is -2.20. The topological polar surface area (TPSA) is 79.8 Å². The van der Waals surface area contributed by atoms with E-state index in [0.717, 1.165) is 47.1 Å². The molecule has 6 nitrogen and oxygen atoms in total. The van der Waals surface area contributed by atoms with Gasteiger partial charge in [-0.05, 0) is 62.6 Å². The second-order valence-electron chi connectivity index (χ2n) is 6.76. The van der Waals surface area contributed by atoms with Crippen molar-refractivity contribution in [1.82, 2.24) is 5.32 Å². The minimum Gasteiger partial charge on any atom is -0.493 e. The number of hydrogen-bond acceptors (Lipinski definition) is 5. The van der Waals surface area contributed by atoms with Crippen LogP contribution in [0.3, 0.4) is 0 Å². The Morgan fingerprint density at radius 3 is 2.55 bits per heavy atom. The predicted molar refractivity (Wildman–Crippen MR) is 119 cm³/mol. The molecular weight excluding hydrogens is 436 g/mol. The van der Waals surface area contributed by atoms with E-state index in [0.29, 0.717) is 18.0 Å². The molecule has 0 atom stereocenters. The number of ether oxygens (including phenoxy) is 2. The van der Waals surface area contributed by atoms with E-state index in [1.54, 1.807) is 7.11 Å². The van der Waals surface area contributed by atoms with Crippen LogP contribution < -0.4 is 20.1 Å². The molecular formula is C22H29BrN2O4. The number of nitrogens with one attached hydrogen (secondary N) is 2. The lowest BCUT2D eigenvalue weighted by molar-refractivity contribution is -0.118. The smallest absolute Gasteiger partial charge is 0.262 e. The number of benzene rings is 2. The zero-order valence-corrected chi connectivity index (χ0v) is 18.5. The van der Waals surface area contributed by atoms with Crippen molar-refractivity contribution in [3.63, 3.8) is 0 Å². The van der Waals surface area contributed by atoms with E-state index in [1.807, 2.05) is 43.3 Å². The quantitative estimate of drug-likeness (QED) is 0.413. The number of rotatable bonds is 12. The fourth-order valence-electron chi connectivity index (χ4n) is 2.72. The number of halogens is 1. The van der Waals surface area contributed by atoms with Crippen LogP contribution in [0.15, 0.2) is 40.9 Å². The Hall–Kier alpha value is -2.09. The van der Waals surface area contributed by atoms with E-state index < -0.39 is 0 Å². The summed E-state index contributed by atoms with van der Waals surface area (Å²) in [5, 5.41) is 15.0. The Balaban J connectivity index is 1.88. The molecule has 0 bridgehead atoms. The van der Waals surface area contributed by atoms with Gasteiger partial charge in [-0.1, -0.05) is 33.6 Å². The van der Waals surface area contributed by atoms with Crippen molar-refractivity contribution < 1.29 is 19.4 Å². The highest BCUT2D eigenvalue weighted by molar-refractivity contribution is 9.10. The zero-order valence-electron chi connectivity index (χ0n) is 17.0. The second kappa shape index (κ2) is 12.5. The normalized spacial score (nSPS) is 10.6. The van der Waals surface area contributed by atoms with E-state index in [9.17, 15) is 4.79 Å². The Kier molecular flexibility index (Phi) is 9.97. The molecule has 2 rings (SSSR count). The summed E-state index contributed by atoms with van der Waals surface area (Å²) < 4.78 is 12.0. The average molecular weight is 465 g/mol. The molecule has 0 aliphatic carbocycles. The van der Waals surface area contributed by atoms with Gasteiger partial charge >= 0.3 is 0 Å². The molecule has 0 unspecified atom stereocenters. The molecule has 0 radical (unpaired) electrons. The lowest BCUT2D eigenvalue weighted by Gasteiger charge is -2.14. The number of carbonyl (C=O) groups is 1. The Morgan fingerprint density at radius 2 is 1.86 bits per heavy atom. The van der Waals surface area contributed by atoms with Crippen molar-refractivity contribution in [2.75, 3.05) is 32.2 Å². The molecule has 0 fully saturated rings. The standard InChI is InChI=1S/C22H29BrN2O4/c1-16-6-8-18(9-7-16)25-22(27)15-29-21-13-19(23)17(12-20(21)28-2)14-24-10-4-3-5-11-26/h6-9,12-13,24,26H,3-5,10-11,14-15H2,1-2H3,(H,25,27). The third-order valence-corrected chi connectivity index (χ3v) is 5.09. The first-order valence-corrected chi connectivity index (χ1v) is 10.5. The first-order valence-electron chi connectivity index (χ1n) is 9.70. The summed E-state index contributed by atoms with van der Waals surface area (Å²) in [5.41, 5.74) is 2.91. The van der Waals surface area contributed by atoms with Crippen LogP contribution in [0.5, 0.6) is 11.5 Å². The van der Waals surface area contributed by atoms with Crippen LogP contribution in [0, 0.1) is 6.92 Å².